The molecule has 0 saturated carbocycles. The summed E-state index contributed by atoms with van der Waals surface area (Å²) in [5, 5.41) is 11.6. The molecule has 1 atom stereocenters. The number of aromatic nitrogens is 1. The number of aliphatic hydroxyl groups excluding tert-OH is 1. The molecule has 1 aromatic heterocycles. The number of benzene rings is 1. The molecular weight excluding hydrogens is 322 g/mol. The largest absolute Gasteiger partial charge is 0.497 e. The number of hydrogen-bond donors (Lipinski definition) is 2. The van der Waals surface area contributed by atoms with Gasteiger partial charge in [0.25, 0.3) is 0 Å². The minimum Gasteiger partial charge on any atom is -0.497 e. The van der Waals surface area contributed by atoms with Crippen LogP contribution in [0.5, 0.6) is 5.75 Å². The van der Waals surface area contributed by atoms with E-state index in [1.807, 2.05) is 24.4 Å². The lowest BCUT2D eigenvalue weighted by Crippen LogP contribution is -2.49. The molecule has 2 N–H and O–H groups in total. The van der Waals surface area contributed by atoms with Crippen LogP contribution in [0.4, 0.5) is 4.79 Å². The molecular formula is C18H25N3O4. The third-order valence-electron chi connectivity index (χ3n) is 4.61. The maximum Gasteiger partial charge on any atom is 0.409 e. The van der Waals surface area contributed by atoms with Crippen molar-refractivity contribution in [2.45, 2.75) is 13.0 Å². The summed E-state index contributed by atoms with van der Waals surface area (Å²) in [6.45, 7) is 5.41. The molecule has 0 aliphatic carbocycles. The maximum atomic E-state index is 11.7. The fourth-order valence-corrected chi connectivity index (χ4v) is 3.19. The number of amides is 1. The first kappa shape index (κ1) is 17.6. The van der Waals surface area contributed by atoms with E-state index in [1.54, 1.807) is 18.9 Å². The van der Waals surface area contributed by atoms with E-state index in [1.165, 1.54) is 0 Å². The zero-order valence-corrected chi connectivity index (χ0v) is 14.7. The number of aromatic amines is 1. The molecule has 1 fully saturated rings. The lowest BCUT2D eigenvalue weighted by Gasteiger charge is -2.34. The van der Waals surface area contributed by atoms with Crippen molar-refractivity contribution >= 4 is 17.0 Å². The minimum atomic E-state index is -0.602. The second-order valence-corrected chi connectivity index (χ2v) is 6.16. The number of nitrogens with zero attached hydrogens (tertiary/aromatic N) is 2. The summed E-state index contributed by atoms with van der Waals surface area (Å²) in [6, 6.07) is 5.77. The topological polar surface area (TPSA) is 78.0 Å². The number of carbonyl (C=O) groups excluding carboxylic acids is 1. The number of carbonyl (C=O) groups is 1. The van der Waals surface area contributed by atoms with Gasteiger partial charge in [-0.15, -0.1) is 0 Å². The molecule has 1 amide bonds. The second kappa shape index (κ2) is 7.76. The molecule has 136 valence electrons. The van der Waals surface area contributed by atoms with Crippen molar-refractivity contribution in [2.75, 3.05) is 46.4 Å². The summed E-state index contributed by atoms with van der Waals surface area (Å²) in [6.07, 6.45) is 0.991. The van der Waals surface area contributed by atoms with Crippen molar-refractivity contribution in [1.29, 1.82) is 0 Å². The second-order valence-electron chi connectivity index (χ2n) is 6.16. The molecule has 0 bridgehead atoms. The van der Waals surface area contributed by atoms with E-state index < -0.39 is 6.10 Å². The van der Waals surface area contributed by atoms with Gasteiger partial charge in [-0.05, 0) is 25.1 Å². The van der Waals surface area contributed by atoms with Crippen LogP contribution in [-0.2, 0) is 4.74 Å². The van der Waals surface area contributed by atoms with Crippen molar-refractivity contribution < 1.29 is 19.4 Å². The molecule has 2 aromatic rings. The number of β-amino-alcohol motifs (C(OH)–C–C–N with tert-alkyl or cyclic N) is 1. The summed E-state index contributed by atoms with van der Waals surface area (Å²) in [5.41, 5.74) is 1.84. The van der Waals surface area contributed by atoms with Gasteiger partial charge in [0, 0.05) is 55.4 Å². The monoisotopic (exact) mass is 347 g/mol. The van der Waals surface area contributed by atoms with Crippen molar-refractivity contribution in [3.63, 3.8) is 0 Å². The van der Waals surface area contributed by atoms with Crippen LogP contribution in [0.3, 0.4) is 0 Å². The van der Waals surface area contributed by atoms with Crippen molar-refractivity contribution in [3.05, 3.63) is 30.0 Å². The Morgan fingerprint density at radius 3 is 2.76 bits per heavy atom. The van der Waals surface area contributed by atoms with E-state index in [2.05, 4.69) is 9.88 Å². The van der Waals surface area contributed by atoms with Gasteiger partial charge < -0.3 is 24.5 Å². The molecule has 1 aliphatic heterocycles. The number of H-pyrrole nitrogens is 1. The molecule has 7 heteroatoms. The SMILES string of the molecule is CCOC(=O)N1CCN(CC(O)c2c[nH]c3ccc(OC)cc23)CC1. The predicted molar refractivity (Wildman–Crippen MR) is 94.8 cm³/mol. The lowest BCUT2D eigenvalue weighted by atomic mass is 10.1. The number of fused-ring (bicyclic) bond motifs is 1. The molecule has 0 spiro atoms. The highest BCUT2D eigenvalue weighted by atomic mass is 16.6. The van der Waals surface area contributed by atoms with Crippen LogP contribution in [0.15, 0.2) is 24.4 Å². The Labute approximate surface area is 147 Å². The summed E-state index contributed by atoms with van der Waals surface area (Å²) in [4.78, 5) is 18.8. The van der Waals surface area contributed by atoms with Crippen LogP contribution in [0.1, 0.15) is 18.6 Å². The minimum absolute atomic E-state index is 0.258. The molecule has 0 radical (unpaired) electrons. The van der Waals surface area contributed by atoms with Crippen molar-refractivity contribution in [1.82, 2.24) is 14.8 Å². The van der Waals surface area contributed by atoms with E-state index in [9.17, 15) is 9.90 Å². The van der Waals surface area contributed by atoms with Gasteiger partial charge in [-0.2, -0.15) is 0 Å². The summed E-state index contributed by atoms with van der Waals surface area (Å²) >= 11 is 0. The first-order valence-electron chi connectivity index (χ1n) is 8.59. The zero-order valence-electron chi connectivity index (χ0n) is 14.7. The number of methoxy groups -OCH3 is 1. The van der Waals surface area contributed by atoms with Crippen LogP contribution in [0, 0.1) is 0 Å². The highest BCUT2D eigenvalue weighted by Gasteiger charge is 2.24. The molecule has 1 aromatic carbocycles. The normalized spacial score (nSPS) is 16.8. The number of aliphatic hydroxyl groups is 1. The van der Waals surface area contributed by atoms with Gasteiger partial charge in [-0.3, -0.25) is 4.90 Å². The fraction of sp³-hybridized carbons (Fsp3) is 0.500. The molecule has 25 heavy (non-hydrogen) atoms. The van der Waals surface area contributed by atoms with E-state index in [0.29, 0.717) is 26.2 Å². The Kier molecular flexibility index (Phi) is 5.45. The summed E-state index contributed by atoms with van der Waals surface area (Å²) < 4.78 is 10.3. The molecule has 1 unspecified atom stereocenters. The Balaban J connectivity index is 1.62. The van der Waals surface area contributed by atoms with Gasteiger partial charge in [0.1, 0.15) is 5.75 Å². The number of ether oxygens (including phenoxy) is 2. The van der Waals surface area contributed by atoms with Gasteiger partial charge in [0.15, 0.2) is 0 Å². The maximum absolute atomic E-state index is 11.7. The Bertz CT molecular complexity index is 722. The average Bonchev–Trinajstić information content (AvgIpc) is 3.05. The smallest absolute Gasteiger partial charge is 0.409 e. The highest BCUT2D eigenvalue weighted by molar-refractivity contribution is 5.85. The molecule has 2 heterocycles. The lowest BCUT2D eigenvalue weighted by molar-refractivity contribution is 0.0582. The first-order valence-corrected chi connectivity index (χ1v) is 8.59. The number of hydrogen-bond acceptors (Lipinski definition) is 5. The van der Waals surface area contributed by atoms with E-state index in [4.69, 9.17) is 9.47 Å². The first-order chi connectivity index (χ1) is 12.1. The van der Waals surface area contributed by atoms with E-state index in [0.717, 1.165) is 35.3 Å². The van der Waals surface area contributed by atoms with Crippen molar-refractivity contribution in [3.8, 4) is 5.75 Å². The Morgan fingerprint density at radius 1 is 1.32 bits per heavy atom. The number of nitrogens with one attached hydrogen (secondary N) is 1. The third-order valence-corrected chi connectivity index (χ3v) is 4.61. The van der Waals surface area contributed by atoms with Crippen LogP contribution < -0.4 is 4.74 Å². The fourth-order valence-electron chi connectivity index (χ4n) is 3.19. The molecule has 1 saturated heterocycles. The predicted octanol–water partition coefficient (Wildman–Crippen LogP) is 1.98. The number of piperazine rings is 1. The van der Waals surface area contributed by atoms with Gasteiger partial charge >= 0.3 is 6.09 Å². The molecule has 1 aliphatic rings. The third kappa shape index (κ3) is 3.88. The van der Waals surface area contributed by atoms with Crippen LogP contribution in [0.2, 0.25) is 0 Å². The van der Waals surface area contributed by atoms with Crippen LogP contribution in [-0.4, -0.2) is 72.4 Å². The summed E-state index contributed by atoms with van der Waals surface area (Å²) in [5.74, 6) is 0.767. The Morgan fingerprint density at radius 2 is 2.08 bits per heavy atom. The number of rotatable bonds is 5. The highest BCUT2D eigenvalue weighted by Crippen LogP contribution is 2.28. The van der Waals surface area contributed by atoms with Gasteiger partial charge in [-0.25, -0.2) is 4.79 Å². The Hall–Kier alpha value is -2.25. The van der Waals surface area contributed by atoms with Crippen LogP contribution >= 0.6 is 0 Å². The standard InChI is InChI=1S/C18H25N3O4/c1-3-25-18(23)21-8-6-20(7-9-21)12-17(22)15-11-19-16-5-4-13(24-2)10-14(15)16/h4-5,10-11,17,19,22H,3,6-9,12H2,1-2H3. The molecule has 7 nitrogen and oxygen atoms in total. The summed E-state index contributed by atoms with van der Waals surface area (Å²) in [7, 11) is 1.63. The van der Waals surface area contributed by atoms with Gasteiger partial charge in [0.2, 0.25) is 0 Å². The average molecular weight is 347 g/mol. The quantitative estimate of drug-likeness (QED) is 0.865. The van der Waals surface area contributed by atoms with E-state index >= 15 is 0 Å². The van der Waals surface area contributed by atoms with Gasteiger partial charge in [0.05, 0.1) is 19.8 Å². The van der Waals surface area contributed by atoms with E-state index in [-0.39, 0.29) is 6.09 Å². The van der Waals surface area contributed by atoms with Gasteiger partial charge in [-0.1, -0.05) is 0 Å². The molecule has 3 rings (SSSR count). The van der Waals surface area contributed by atoms with Crippen LogP contribution in [0.25, 0.3) is 10.9 Å². The zero-order chi connectivity index (χ0) is 17.8. The van der Waals surface area contributed by atoms with Crippen molar-refractivity contribution in [2.24, 2.45) is 0 Å².